The van der Waals surface area contributed by atoms with Crippen molar-refractivity contribution in [3.63, 3.8) is 0 Å². The third-order valence-electron chi connectivity index (χ3n) is 4.12. The Balaban J connectivity index is 1.37. The van der Waals surface area contributed by atoms with Gasteiger partial charge in [-0.2, -0.15) is 0 Å². The molecule has 2 aliphatic rings. The highest BCUT2D eigenvalue weighted by molar-refractivity contribution is 5.74. The van der Waals surface area contributed by atoms with Crippen LogP contribution in [0.1, 0.15) is 18.6 Å². The minimum Gasteiger partial charge on any atom is -0.468 e. The Kier molecular flexibility index (Phi) is 4.77. The third-order valence-corrected chi connectivity index (χ3v) is 4.12. The molecule has 116 valence electrons. The summed E-state index contributed by atoms with van der Waals surface area (Å²) in [6.45, 7) is 5.56. The van der Waals surface area contributed by atoms with E-state index in [1.165, 1.54) is 0 Å². The first-order chi connectivity index (χ1) is 10.3. The first-order valence-corrected chi connectivity index (χ1v) is 7.70. The molecule has 3 heterocycles. The lowest BCUT2D eigenvalue weighted by atomic mass is 10.2. The highest BCUT2D eigenvalue weighted by atomic mass is 16.5. The molecule has 1 atom stereocenters. The maximum Gasteiger partial charge on any atom is 0.317 e. The van der Waals surface area contributed by atoms with Crippen LogP contribution in [0.15, 0.2) is 22.8 Å². The van der Waals surface area contributed by atoms with Gasteiger partial charge in [-0.15, -0.1) is 0 Å². The topological polar surface area (TPSA) is 58.0 Å². The van der Waals surface area contributed by atoms with Crippen molar-refractivity contribution in [2.24, 2.45) is 0 Å². The second-order valence-corrected chi connectivity index (χ2v) is 5.66. The minimum atomic E-state index is 0.0307. The van der Waals surface area contributed by atoms with Crippen LogP contribution >= 0.6 is 0 Å². The zero-order valence-electron chi connectivity index (χ0n) is 12.3. The highest BCUT2D eigenvalue weighted by Gasteiger charge is 2.23. The third kappa shape index (κ3) is 3.98. The molecule has 2 aliphatic heterocycles. The Bertz CT molecular complexity index is 435. The molecule has 1 aromatic heterocycles. The summed E-state index contributed by atoms with van der Waals surface area (Å²) in [6, 6.07) is 3.92. The van der Waals surface area contributed by atoms with Crippen molar-refractivity contribution in [3.05, 3.63) is 24.2 Å². The summed E-state index contributed by atoms with van der Waals surface area (Å²) in [5.41, 5.74) is 0. The van der Waals surface area contributed by atoms with Crippen LogP contribution in [0.3, 0.4) is 0 Å². The van der Waals surface area contributed by atoms with Gasteiger partial charge in [-0.3, -0.25) is 4.90 Å². The van der Waals surface area contributed by atoms with Crippen molar-refractivity contribution in [3.8, 4) is 0 Å². The SMILES string of the molecule is O=C(NC[C@H]1CCCO1)N1CCN(Cc2ccco2)CC1. The summed E-state index contributed by atoms with van der Waals surface area (Å²) >= 11 is 0. The van der Waals surface area contributed by atoms with E-state index in [0.717, 1.165) is 57.9 Å². The summed E-state index contributed by atoms with van der Waals surface area (Å²) in [6.07, 6.45) is 4.06. The lowest BCUT2D eigenvalue weighted by Crippen LogP contribution is -2.52. The number of carbonyl (C=O) groups is 1. The van der Waals surface area contributed by atoms with E-state index < -0.39 is 0 Å². The molecule has 21 heavy (non-hydrogen) atoms. The minimum absolute atomic E-state index is 0.0307. The van der Waals surface area contributed by atoms with Crippen LogP contribution in [-0.4, -0.2) is 61.3 Å². The Labute approximate surface area is 125 Å². The van der Waals surface area contributed by atoms with Crippen LogP contribution in [0.25, 0.3) is 0 Å². The van der Waals surface area contributed by atoms with Crippen molar-refractivity contribution < 1.29 is 13.9 Å². The highest BCUT2D eigenvalue weighted by Crippen LogP contribution is 2.11. The van der Waals surface area contributed by atoms with Gasteiger partial charge >= 0.3 is 6.03 Å². The lowest BCUT2D eigenvalue weighted by molar-refractivity contribution is 0.103. The number of amides is 2. The molecular formula is C15H23N3O3. The normalized spacial score (nSPS) is 23.4. The van der Waals surface area contributed by atoms with E-state index in [-0.39, 0.29) is 12.1 Å². The van der Waals surface area contributed by atoms with Crippen molar-refractivity contribution >= 4 is 6.03 Å². The number of piperazine rings is 1. The molecular weight excluding hydrogens is 270 g/mol. The van der Waals surface area contributed by atoms with Gasteiger partial charge in [0.25, 0.3) is 0 Å². The molecule has 0 aromatic carbocycles. The van der Waals surface area contributed by atoms with Crippen LogP contribution in [-0.2, 0) is 11.3 Å². The average molecular weight is 293 g/mol. The predicted octanol–water partition coefficient (Wildman–Crippen LogP) is 1.29. The van der Waals surface area contributed by atoms with E-state index >= 15 is 0 Å². The van der Waals surface area contributed by atoms with Gasteiger partial charge in [0.1, 0.15) is 5.76 Å². The summed E-state index contributed by atoms with van der Waals surface area (Å²) < 4.78 is 10.9. The van der Waals surface area contributed by atoms with Crippen LogP contribution in [0.5, 0.6) is 0 Å². The zero-order chi connectivity index (χ0) is 14.5. The smallest absolute Gasteiger partial charge is 0.317 e. The number of nitrogens with one attached hydrogen (secondary N) is 1. The second kappa shape index (κ2) is 6.95. The summed E-state index contributed by atoms with van der Waals surface area (Å²) in [7, 11) is 0. The number of ether oxygens (including phenoxy) is 1. The largest absolute Gasteiger partial charge is 0.468 e. The van der Waals surface area contributed by atoms with Crippen molar-refractivity contribution in [2.75, 3.05) is 39.3 Å². The van der Waals surface area contributed by atoms with Crippen LogP contribution in [0.2, 0.25) is 0 Å². The Morgan fingerprint density at radius 1 is 1.33 bits per heavy atom. The summed E-state index contributed by atoms with van der Waals surface area (Å²) in [5, 5.41) is 2.98. The molecule has 0 unspecified atom stereocenters. The Morgan fingerprint density at radius 3 is 2.86 bits per heavy atom. The van der Waals surface area contributed by atoms with Gasteiger partial charge in [0.15, 0.2) is 0 Å². The molecule has 6 nitrogen and oxygen atoms in total. The van der Waals surface area contributed by atoms with E-state index in [2.05, 4.69) is 10.2 Å². The van der Waals surface area contributed by atoms with Gasteiger partial charge in [-0.05, 0) is 25.0 Å². The molecule has 0 radical (unpaired) electrons. The number of furan rings is 1. The summed E-state index contributed by atoms with van der Waals surface area (Å²) in [4.78, 5) is 16.3. The zero-order valence-corrected chi connectivity index (χ0v) is 12.3. The number of hydrogen-bond acceptors (Lipinski definition) is 4. The number of urea groups is 1. The van der Waals surface area contributed by atoms with E-state index in [4.69, 9.17) is 9.15 Å². The van der Waals surface area contributed by atoms with Gasteiger partial charge in [-0.1, -0.05) is 0 Å². The van der Waals surface area contributed by atoms with E-state index in [1.54, 1.807) is 6.26 Å². The first-order valence-electron chi connectivity index (χ1n) is 7.70. The maximum atomic E-state index is 12.1. The molecule has 6 heteroatoms. The molecule has 0 aliphatic carbocycles. The molecule has 0 spiro atoms. The number of hydrogen-bond donors (Lipinski definition) is 1. The van der Waals surface area contributed by atoms with Crippen LogP contribution in [0, 0.1) is 0 Å². The number of nitrogens with zero attached hydrogens (tertiary/aromatic N) is 2. The second-order valence-electron chi connectivity index (χ2n) is 5.66. The van der Waals surface area contributed by atoms with Gasteiger partial charge < -0.3 is 19.4 Å². The van der Waals surface area contributed by atoms with E-state index in [1.807, 2.05) is 17.0 Å². The van der Waals surface area contributed by atoms with E-state index in [0.29, 0.717) is 6.54 Å². The standard InChI is InChI=1S/C15H23N3O3/c19-15(16-11-13-3-1-9-20-13)18-7-5-17(6-8-18)12-14-4-2-10-21-14/h2,4,10,13H,1,3,5-9,11-12H2,(H,16,19)/t13-/m1/s1. The summed E-state index contributed by atoms with van der Waals surface area (Å²) in [5.74, 6) is 0.978. The Hall–Kier alpha value is -1.53. The molecule has 2 saturated heterocycles. The quantitative estimate of drug-likeness (QED) is 0.909. The lowest BCUT2D eigenvalue weighted by Gasteiger charge is -2.34. The van der Waals surface area contributed by atoms with Gasteiger partial charge in [0, 0.05) is 39.3 Å². The van der Waals surface area contributed by atoms with Gasteiger partial charge in [0.05, 0.1) is 18.9 Å². The first kappa shape index (κ1) is 14.4. The average Bonchev–Trinajstić information content (AvgIpc) is 3.19. The fourth-order valence-corrected chi connectivity index (χ4v) is 2.85. The molecule has 1 aromatic rings. The monoisotopic (exact) mass is 293 g/mol. The fraction of sp³-hybridized carbons (Fsp3) is 0.667. The predicted molar refractivity (Wildman–Crippen MR) is 77.9 cm³/mol. The van der Waals surface area contributed by atoms with Gasteiger partial charge in [0.2, 0.25) is 0 Å². The van der Waals surface area contributed by atoms with Crippen molar-refractivity contribution in [2.45, 2.75) is 25.5 Å². The molecule has 3 rings (SSSR count). The van der Waals surface area contributed by atoms with Gasteiger partial charge in [-0.25, -0.2) is 4.79 Å². The molecule has 2 fully saturated rings. The fourth-order valence-electron chi connectivity index (χ4n) is 2.85. The van der Waals surface area contributed by atoms with Crippen molar-refractivity contribution in [1.82, 2.24) is 15.1 Å². The van der Waals surface area contributed by atoms with Crippen molar-refractivity contribution in [1.29, 1.82) is 0 Å². The maximum absolute atomic E-state index is 12.1. The Morgan fingerprint density at radius 2 is 2.19 bits per heavy atom. The molecule has 0 bridgehead atoms. The van der Waals surface area contributed by atoms with Crippen LogP contribution < -0.4 is 5.32 Å². The number of rotatable bonds is 4. The van der Waals surface area contributed by atoms with Crippen LogP contribution in [0.4, 0.5) is 4.79 Å². The number of carbonyl (C=O) groups excluding carboxylic acids is 1. The van der Waals surface area contributed by atoms with E-state index in [9.17, 15) is 4.79 Å². The molecule has 2 amide bonds. The molecule has 0 saturated carbocycles. The molecule has 1 N–H and O–H groups in total.